The predicted octanol–water partition coefficient (Wildman–Crippen LogP) is 0.513. The molecule has 0 saturated carbocycles. The SMILES string of the molecule is C#CCNC(=O)COc1cccc(C(=O)O)c1. The molecule has 0 aliphatic rings. The molecule has 0 bridgehead atoms. The van der Waals surface area contributed by atoms with Crippen LogP contribution >= 0.6 is 0 Å². The van der Waals surface area contributed by atoms with E-state index in [1.165, 1.54) is 18.2 Å². The molecule has 17 heavy (non-hydrogen) atoms. The Kier molecular flexibility index (Phi) is 4.58. The average Bonchev–Trinajstić information content (AvgIpc) is 2.34. The molecule has 1 aromatic rings. The van der Waals surface area contributed by atoms with Crippen molar-refractivity contribution in [3.63, 3.8) is 0 Å². The molecule has 0 heterocycles. The molecule has 5 heteroatoms. The van der Waals surface area contributed by atoms with Crippen molar-refractivity contribution < 1.29 is 19.4 Å². The number of nitrogens with one attached hydrogen (secondary N) is 1. The number of hydrogen-bond donors (Lipinski definition) is 2. The van der Waals surface area contributed by atoms with Gasteiger partial charge in [0.2, 0.25) is 0 Å². The first-order chi connectivity index (χ1) is 8.13. The number of amides is 1. The Morgan fingerprint density at radius 1 is 1.47 bits per heavy atom. The molecular weight excluding hydrogens is 222 g/mol. The number of terminal acetylenes is 1. The van der Waals surface area contributed by atoms with Crippen molar-refractivity contribution in [1.29, 1.82) is 0 Å². The number of carbonyl (C=O) groups excluding carboxylic acids is 1. The maximum Gasteiger partial charge on any atom is 0.335 e. The Balaban J connectivity index is 2.52. The van der Waals surface area contributed by atoms with Gasteiger partial charge in [0.25, 0.3) is 5.91 Å². The molecule has 5 nitrogen and oxygen atoms in total. The van der Waals surface area contributed by atoms with Crippen LogP contribution in [0.25, 0.3) is 0 Å². The summed E-state index contributed by atoms with van der Waals surface area (Å²) in [6.45, 7) is -0.0673. The van der Waals surface area contributed by atoms with Crippen LogP contribution in [0.2, 0.25) is 0 Å². The zero-order valence-electron chi connectivity index (χ0n) is 8.97. The fraction of sp³-hybridized carbons (Fsp3) is 0.167. The summed E-state index contributed by atoms with van der Waals surface area (Å²) < 4.78 is 5.11. The summed E-state index contributed by atoms with van der Waals surface area (Å²) in [6, 6.07) is 5.89. The Morgan fingerprint density at radius 2 is 2.24 bits per heavy atom. The highest BCUT2D eigenvalue weighted by atomic mass is 16.5. The number of ether oxygens (including phenoxy) is 1. The maximum absolute atomic E-state index is 11.1. The Labute approximate surface area is 98.4 Å². The molecular formula is C12H11NO4. The third-order valence-electron chi connectivity index (χ3n) is 1.84. The molecule has 1 rings (SSSR count). The van der Waals surface area contributed by atoms with Gasteiger partial charge in [0.15, 0.2) is 6.61 Å². The molecule has 1 aromatic carbocycles. The largest absolute Gasteiger partial charge is 0.484 e. The monoisotopic (exact) mass is 233 g/mol. The van der Waals surface area contributed by atoms with Gasteiger partial charge in [-0.1, -0.05) is 12.0 Å². The summed E-state index contributed by atoms with van der Waals surface area (Å²) >= 11 is 0. The van der Waals surface area contributed by atoms with Crippen molar-refractivity contribution in [2.45, 2.75) is 0 Å². The van der Waals surface area contributed by atoms with Crippen LogP contribution in [0, 0.1) is 12.3 Å². The number of rotatable bonds is 5. The second-order valence-corrected chi connectivity index (χ2v) is 3.10. The number of carboxylic acid groups (broad SMARTS) is 1. The number of carboxylic acids is 1. The van der Waals surface area contributed by atoms with Gasteiger partial charge in [0.1, 0.15) is 5.75 Å². The molecule has 0 radical (unpaired) electrons. The van der Waals surface area contributed by atoms with Crippen LogP contribution in [0.1, 0.15) is 10.4 Å². The topological polar surface area (TPSA) is 75.6 Å². The highest BCUT2D eigenvalue weighted by Gasteiger charge is 2.05. The van der Waals surface area contributed by atoms with E-state index in [0.29, 0.717) is 5.75 Å². The smallest absolute Gasteiger partial charge is 0.335 e. The first-order valence-electron chi connectivity index (χ1n) is 4.80. The minimum Gasteiger partial charge on any atom is -0.484 e. The lowest BCUT2D eigenvalue weighted by molar-refractivity contribution is -0.122. The van der Waals surface area contributed by atoms with Gasteiger partial charge in [-0.2, -0.15) is 0 Å². The van der Waals surface area contributed by atoms with Crippen LogP contribution in [-0.4, -0.2) is 30.1 Å². The van der Waals surface area contributed by atoms with E-state index < -0.39 is 5.97 Å². The summed E-state index contributed by atoms with van der Waals surface area (Å²) in [5, 5.41) is 11.2. The summed E-state index contributed by atoms with van der Waals surface area (Å²) in [5.74, 6) is 1.17. The minimum absolute atomic E-state index is 0.103. The molecule has 0 atom stereocenters. The molecule has 0 saturated heterocycles. The normalized spacial score (nSPS) is 9.12. The van der Waals surface area contributed by atoms with E-state index in [2.05, 4.69) is 11.2 Å². The molecule has 0 aliphatic carbocycles. The lowest BCUT2D eigenvalue weighted by Gasteiger charge is -2.06. The summed E-state index contributed by atoms with van der Waals surface area (Å²) in [6.07, 6.45) is 4.97. The van der Waals surface area contributed by atoms with E-state index in [9.17, 15) is 9.59 Å². The van der Waals surface area contributed by atoms with Crippen LogP contribution < -0.4 is 10.1 Å². The Hall–Kier alpha value is -2.48. The van der Waals surface area contributed by atoms with Gasteiger partial charge < -0.3 is 15.2 Å². The van der Waals surface area contributed by atoms with E-state index >= 15 is 0 Å². The number of benzene rings is 1. The predicted molar refractivity (Wildman–Crippen MR) is 60.7 cm³/mol. The molecule has 0 spiro atoms. The van der Waals surface area contributed by atoms with Crippen molar-refractivity contribution >= 4 is 11.9 Å². The fourth-order valence-corrected chi connectivity index (χ4v) is 1.07. The zero-order chi connectivity index (χ0) is 12.7. The molecule has 0 unspecified atom stereocenters. The van der Waals surface area contributed by atoms with Gasteiger partial charge in [-0.15, -0.1) is 6.42 Å². The quantitative estimate of drug-likeness (QED) is 0.727. The first kappa shape index (κ1) is 12.6. The van der Waals surface area contributed by atoms with Crippen LogP contribution in [0.4, 0.5) is 0 Å². The van der Waals surface area contributed by atoms with Crippen molar-refractivity contribution in [3.05, 3.63) is 29.8 Å². The fourth-order valence-electron chi connectivity index (χ4n) is 1.07. The van der Waals surface area contributed by atoms with Gasteiger partial charge in [0, 0.05) is 0 Å². The summed E-state index contributed by atoms with van der Waals surface area (Å²) in [4.78, 5) is 21.8. The van der Waals surface area contributed by atoms with Crippen LogP contribution in [-0.2, 0) is 4.79 Å². The summed E-state index contributed by atoms with van der Waals surface area (Å²) in [7, 11) is 0. The molecule has 1 amide bonds. The Morgan fingerprint density at radius 3 is 2.88 bits per heavy atom. The first-order valence-corrected chi connectivity index (χ1v) is 4.80. The summed E-state index contributed by atoms with van der Waals surface area (Å²) in [5.41, 5.74) is 0.103. The molecule has 0 aromatic heterocycles. The molecule has 0 fully saturated rings. The molecule has 2 N–H and O–H groups in total. The van der Waals surface area contributed by atoms with Crippen LogP contribution in [0.3, 0.4) is 0 Å². The van der Waals surface area contributed by atoms with Gasteiger partial charge in [-0.25, -0.2) is 4.79 Å². The second-order valence-electron chi connectivity index (χ2n) is 3.10. The highest BCUT2D eigenvalue weighted by Crippen LogP contribution is 2.12. The minimum atomic E-state index is -1.05. The van der Waals surface area contributed by atoms with Gasteiger partial charge in [-0.3, -0.25) is 4.79 Å². The van der Waals surface area contributed by atoms with Crippen molar-refractivity contribution in [2.75, 3.05) is 13.2 Å². The lowest BCUT2D eigenvalue weighted by atomic mass is 10.2. The molecule has 88 valence electrons. The Bertz CT molecular complexity index is 462. The third-order valence-corrected chi connectivity index (χ3v) is 1.84. The average molecular weight is 233 g/mol. The number of carbonyl (C=O) groups is 2. The van der Waals surface area contributed by atoms with E-state index in [-0.39, 0.29) is 24.6 Å². The number of aromatic carboxylic acids is 1. The van der Waals surface area contributed by atoms with Gasteiger partial charge >= 0.3 is 5.97 Å². The second kappa shape index (κ2) is 6.18. The van der Waals surface area contributed by atoms with Gasteiger partial charge in [0.05, 0.1) is 12.1 Å². The van der Waals surface area contributed by atoms with Gasteiger partial charge in [-0.05, 0) is 18.2 Å². The van der Waals surface area contributed by atoms with Crippen LogP contribution in [0.5, 0.6) is 5.75 Å². The number of hydrogen-bond acceptors (Lipinski definition) is 3. The van der Waals surface area contributed by atoms with E-state index in [0.717, 1.165) is 0 Å². The van der Waals surface area contributed by atoms with E-state index in [1.807, 2.05) is 0 Å². The maximum atomic E-state index is 11.1. The van der Waals surface area contributed by atoms with Crippen molar-refractivity contribution in [2.24, 2.45) is 0 Å². The van der Waals surface area contributed by atoms with E-state index in [1.54, 1.807) is 6.07 Å². The highest BCUT2D eigenvalue weighted by molar-refractivity contribution is 5.88. The van der Waals surface area contributed by atoms with Crippen molar-refractivity contribution in [3.8, 4) is 18.1 Å². The van der Waals surface area contributed by atoms with Crippen molar-refractivity contribution in [1.82, 2.24) is 5.32 Å². The van der Waals surface area contributed by atoms with E-state index in [4.69, 9.17) is 16.3 Å². The van der Waals surface area contributed by atoms with Crippen LogP contribution in [0.15, 0.2) is 24.3 Å². The zero-order valence-corrected chi connectivity index (χ0v) is 8.97. The standard InChI is InChI=1S/C12H11NO4/c1-2-6-13-11(14)8-17-10-5-3-4-9(7-10)12(15)16/h1,3-5,7H,6,8H2,(H,13,14)(H,15,16). The molecule has 0 aliphatic heterocycles. The third kappa shape index (κ3) is 4.26. The lowest BCUT2D eigenvalue weighted by Crippen LogP contribution is -2.29.